The Kier molecular flexibility index (Phi) is 11.2. The number of ether oxygens (including phenoxy) is 1. The van der Waals surface area contributed by atoms with Crippen LogP contribution in [0.3, 0.4) is 0 Å². The number of unbranched alkanes of at least 4 members (excludes halogenated alkanes) is 7. The smallest absolute Gasteiger partial charge is 0.265 e. The summed E-state index contributed by atoms with van der Waals surface area (Å²) >= 11 is 12.2. The Hall–Kier alpha value is -1.91. The molecular weight excluding hydrogens is 445 g/mol. The predicted octanol–water partition coefficient (Wildman–Crippen LogP) is 8.10. The van der Waals surface area contributed by atoms with Crippen molar-refractivity contribution in [3.8, 4) is 11.5 Å². The number of rotatable bonds is 13. The number of nitrogens with one attached hydrogen (secondary N) is 1. The van der Waals surface area contributed by atoms with E-state index in [0.717, 1.165) is 6.42 Å². The molecule has 0 saturated carbocycles. The Morgan fingerprint density at radius 1 is 1.03 bits per heavy atom. The summed E-state index contributed by atoms with van der Waals surface area (Å²) in [6, 6.07) is 9.35. The quantitative estimate of drug-likeness (QED) is 0.225. The van der Waals surface area contributed by atoms with Crippen LogP contribution < -0.4 is 10.1 Å². The molecule has 4 nitrogen and oxygen atoms in total. The number of hydrogen-bond donors (Lipinski definition) is 2. The van der Waals surface area contributed by atoms with Crippen molar-refractivity contribution >= 4 is 34.8 Å². The third kappa shape index (κ3) is 8.22. The van der Waals surface area contributed by atoms with Gasteiger partial charge in [-0.25, -0.2) is 0 Å². The lowest BCUT2D eigenvalue weighted by molar-refractivity contribution is -0.122. The standard InChI is InChI=1S/C26H35Cl2NO3/c1-4-5-6-7-8-9-10-11-12-20-13-15-21(16-14-20)32-19(3)26(31)29-23-17-22(27)18(2)24(28)25(23)30/h13-17,19,30H,4-12H2,1-3H3,(H,29,31). The fourth-order valence-corrected chi connectivity index (χ4v) is 3.94. The summed E-state index contributed by atoms with van der Waals surface area (Å²) in [5.74, 6) is 0.00949. The van der Waals surface area contributed by atoms with Crippen molar-refractivity contribution in [2.24, 2.45) is 0 Å². The maximum absolute atomic E-state index is 12.5. The molecule has 176 valence electrons. The van der Waals surface area contributed by atoms with Crippen LogP contribution in [0.15, 0.2) is 30.3 Å². The normalized spacial score (nSPS) is 11.9. The van der Waals surface area contributed by atoms with Gasteiger partial charge in [0.05, 0.1) is 10.7 Å². The second-order valence-electron chi connectivity index (χ2n) is 8.31. The Labute approximate surface area is 202 Å². The molecule has 0 saturated heterocycles. The monoisotopic (exact) mass is 479 g/mol. The molecule has 1 amide bonds. The molecule has 2 N–H and O–H groups in total. The highest BCUT2D eigenvalue weighted by Gasteiger charge is 2.19. The van der Waals surface area contributed by atoms with Crippen molar-refractivity contribution in [1.82, 2.24) is 0 Å². The van der Waals surface area contributed by atoms with Crippen molar-refractivity contribution in [2.75, 3.05) is 5.32 Å². The number of hydrogen-bond acceptors (Lipinski definition) is 3. The van der Waals surface area contributed by atoms with Crippen LogP contribution in [0.5, 0.6) is 11.5 Å². The molecule has 1 unspecified atom stereocenters. The molecule has 0 aliphatic carbocycles. The maximum Gasteiger partial charge on any atom is 0.265 e. The average Bonchev–Trinajstić information content (AvgIpc) is 2.78. The van der Waals surface area contributed by atoms with Gasteiger partial charge >= 0.3 is 0 Å². The zero-order valence-electron chi connectivity index (χ0n) is 19.3. The number of aryl methyl sites for hydroxylation is 1. The number of carbonyl (C=O) groups is 1. The molecule has 2 aromatic rings. The number of phenols is 1. The van der Waals surface area contributed by atoms with Gasteiger partial charge in [0, 0.05) is 5.02 Å². The van der Waals surface area contributed by atoms with Crippen LogP contribution in [0.25, 0.3) is 0 Å². The van der Waals surface area contributed by atoms with Crippen LogP contribution in [0.4, 0.5) is 5.69 Å². The van der Waals surface area contributed by atoms with E-state index in [1.807, 2.05) is 24.3 Å². The molecule has 6 heteroatoms. The minimum atomic E-state index is -0.758. The van der Waals surface area contributed by atoms with Gasteiger partial charge in [-0.1, -0.05) is 87.2 Å². The van der Waals surface area contributed by atoms with Gasteiger partial charge in [-0.2, -0.15) is 0 Å². The molecule has 0 aromatic heterocycles. The first-order valence-electron chi connectivity index (χ1n) is 11.6. The molecule has 0 aliphatic heterocycles. The first-order valence-corrected chi connectivity index (χ1v) is 12.3. The van der Waals surface area contributed by atoms with Crippen LogP contribution in [0.2, 0.25) is 10.0 Å². The van der Waals surface area contributed by atoms with Crippen molar-refractivity contribution in [1.29, 1.82) is 0 Å². The highest BCUT2D eigenvalue weighted by Crippen LogP contribution is 2.38. The van der Waals surface area contributed by atoms with E-state index in [2.05, 4.69) is 12.2 Å². The van der Waals surface area contributed by atoms with Crippen LogP contribution in [0.1, 0.15) is 76.3 Å². The molecule has 0 fully saturated rings. The summed E-state index contributed by atoms with van der Waals surface area (Å²) in [6.07, 6.45) is 10.8. The Morgan fingerprint density at radius 3 is 2.25 bits per heavy atom. The minimum Gasteiger partial charge on any atom is -0.504 e. The molecule has 0 spiro atoms. The average molecular weight is 480 g/mol. The topological polar surface area (TPSA) is 58.6 Å². The number of benzene rings is 2. The van der Waals surface area contributed by atoms with E-state index in [4.69, 9.17) is 27.9 Å². The Morgan fingerprint density at radius 2 is 1.62 bits per heavy atom. The molecule has 0 heterocycles. The lowest BCUT2D eigenvalue weighted by atomic mass is 10.0. The molecule has 2 aromatic carbocycles. The van der Waals surface area contributed by atoms with E-state index in [1.54, 1.807) is 13.8 Å². The predicted molar refractivity (Wildman–Crippen MR) is 134 cm³/mol. The van der Waals surface area contributed by atoms with Gasteiger partial charge in [-0.05, 0) is 56.0 Å². The van der Waals surface area contributed by atoms with E-state index in [-0.39, 0.29) is 16.5 Å². The largest absolute Gasteiger partial charge is 0.504 e. The van der Waals surface area contributed by atoms with E-state index in [0.29, 0.717) is 16.3 Å². The summed E-state index contributed by atoms with van der Waals surface area (Å²) < 4.78 is 5.76. The Bertz CT molecular complexity index is 868. The van der Waals surface area contributed by atoms with Crippen molar-refractivity contribution in [2.45, 2.75) is 84.7 Å². The molecule has 2 rings (SSSR count). The molecule has 32 heavy (non-hydrogen) atoms. The number of phenolic OH excluding ortho intramolecular Hbond substituents is 1. The zero-order chi connectivity index (χ0) is 23.5. The lowest BCUT2D eigenvalue weighted by Gasteiger charge is -2.17. The summed E-state index contributed by atoms with van der Waals surface area (Å²) in [5.41, 5.74) is 1.99. The van der Waals surface area contributed by atoms with Gasteiger partial charge in [0.15, 0.2) is 11.9 Å². The summed E-state index contributed by atoms with van der Waals surface area (Å²) in [4.78, 5) is 12.5. The zero-order valence-corrected chi connectivity index (χ0v) is 20.9. The highest BCUT2D eigenvalue weighted by molar-refractivity contribution is 6.37. The van der Waals surface area contributed by atoms with Crippen LogP contribution in [-0.4, -0.2) is 17.1 Å². The fraction of sp³-hybridized carbons (Fsp3) is 0.500. The van der Waals surface area contributed by atoms with E-state index >= 15 is 0 Å². The number of halogens is 2. The lowest BCUT2D eigenvalue weighted by Crippen LogP contribution is -2.30. The van der Waals surface area contributed by atoms with Gasteiger partial charge in [-0.15, -0.1) is 0 Å². The number of carbonyl (C=O) groups excluding carboxylic acids is 1. The number of anilines is 1. The molecule has 0 radical (unpaired) electrons. The van der Waals surface area contributed by atoms with Crippen LogP contribution in [-0.2, 0) is 11.2 Å². The van der Waals surface area contributed by atoms with Gasteiger partial charge < -0.3 is 15.2 Å². The van der Waals surface area contributed by atoms with Gasteiger partial charge in [0.2, 0.25) is 0 Å². The van der Waals surface area contributed by atoms with E-state index in [9.17, 15) is 9.90 Å². The maximum atomic E-state index is 12.5. The van der Waals surface area contributed by atoms with E-state index < -0.39 is 12.0 Å². The van der Waals surface area contributed by atoms with Crippen molar-refractivity contribution in [3.05, 3.63) is 51.5 Å². The first-order chi connectivity index (χ1) is 15.3. The van der Waals surface area contributed by atoms with Gasteiger partial charge in [0.25, 0.3) is 5.91 Å². The van der Waals surface area contributed by atoms with Gasteiger partial charge in [0.1, 0.15) is 5.75 Å². The third-order valence-corrected chi connectivity index (χ3v) is 6.46. The molecule has 0 aliphatic rings. The van der Waals surface area contributed by atoms with E-state index in [1.165, 1.54) is 63.0 Å². The van der Waals surface area contributed by atoms with Gasteiger partial charge in [-0.3, -0.25) is 4.79 Å². The number of aromatic hydroxyl groups is 1. The summed E-state index contributed by atoms with van der Waals surface area (Å²) in [6.45, 7) is 5.59. The molecule has 1 atom stereocenters. The fourth-order valence-electron chi connectivity index (χ4n) is 3.49. The summed E-state index contributed by atoms with van der Waals surface area (Å²) in [7, 11) is 0. The molecule has 0 bridgehead atoms. The number of amides is 1. The van der Waals surface area contributed by atoms with Crippen molar-refractivity contribution in [3.63, 3.8) is 0 Å². The third-order valence-electron chi connectivity index (χ3n) is 5.60. The minimum absolute atomic E-state index is 0.119. The SMILES string of the molecule is CCCCCCCCCCc1ccc(OC(C)C(=O)Nc2cc(Cl)c(C)c(Cl)c2O)cc1. The highest BCUT2D eigenvalue weighted by atomic mass is 35.5. The van der Waals surface area contributed by atoms with Crippen LogP contribution >= 0.6 is 23.2 Å². The second kappa shape index (κ2) is 13.6. The Balaban J connectivity index is 1.77. The summed E-state index contributed by atoms with van der Waals surface area (Å²) in [5, 5.41) is 13.3. The second-order valence-corrected chi connectivity index (χ2v) is 9.10. The van der Waals surface area contributed by atoms with Crippen molar-refractivity contribution < 1.29 is 14.6 Å². The van der Waals surface area contributed by atoms with Crippen LogP contribution in [0, 0.1) is 6.92 Å². The first kappa shape index (κ1) is 26.3. The molecular formula is C26H35Cl2NO3.